The summed E-state index contributed by atoms with van der Waals surface area (Å²) < 4.78 is 44.7. The summed E-state index contributed by atoms with van der Waals surface area (Å²) in [5, 5.41) is 10.0. The van der Waals surface area contributed by atoms with Crippen LogP contribution in [-0.2, 0) is 12.7 Å². The highest BCUT2D eigenvalue weighted by Crippen LogP contribution is 2.31. The van der Waals surface area contributed by atoms with E-state index in [2.05, 4.69) is 25.9 Å². The van der Waals surface area contributed by atoms with Gasteiger partial charge in [-0.1, -0.05) is 35.9 Å². The van der Waals surface area contributed by atoms with Crippen LogP contribution < -0.4 is 10.00 Å². The van der Waals surface area contributed by atoms with E-state index in [1.807, 2.05) is 12.1 Å². The Hall–Kier alpha value is -3.99. The Kier molecular flexibility index (Phi) is 6.22. The average molecular weight is 475 g/mol. The van der Waals surface area contributed by atoms with Crippen molar-refractivity contribution in [1.82, 2.24) is 15.2 Å². The fourth-order valence-electron chi connectivity index (χ4n) is 2.86. The first-order chi connectivity index (χ1) is 15.8. The molecule has 168 valence electrons. The highest BCUT2D eigenvalue weighted by atomic mass is 35.5. The largest absolute Gasteiger partial charge is 0.424 e. The van der Waals surface area contributed by atoms with Gasteiger partial charge in [0.25, 0.3) is 0 Å². The molecule has 4 rings (SSSR count). The third-order valence-electron chi connectivity index (χ3n) is 4.37. The van der Waals surface area contributed by atoms with Crippen molar-refractivity contribution in [1.29, 1.82) is 0 Å². The molecule has 0 aliphatic heterocycles. The van der Waals surface area contributed by atoms with Crippen molar-refractivity contribution < 1.29 is 27.2 Å². The maximum absolute atomic E-state index is 12.8. The number of carbonyl (C=O) groups excluding carboxylic acids is 1. The van der Waals surface area contributed by atoms with Gasteiger partial charge in [0.1, 0.15) is 10.8 Å². The summed E-state index contributed by atoms with van der Waals surface area (Å²) in [4.78, 5) is 20.4. The second kappa shape index (κ2) is 9.25. The van der Waals surface area contributed by atoms with Crippen LogP contribution in [0.5, 0.6) is 0 Å². The predicted molar refractivity (Wildman–Crippen MR) is 112 cm³/mol. The van der Waals surface area contributed by atoms with E-state index in [4.69, 9.17) is 16.1 Å². The molecule has 33 heavy (non-hydrogen) atoms. The topological polar surface area (TPSA) is 98.9 Å². The van der Waals surface area contributed by atoms with Gasteiger partial charge in [0.2, 0.25) is 18.6 Å². The number of rotatable bonds is 5. The molecule has 0 saturated heterocycles. The minimum Gasteiger partial charge on any atom is -0.424 e. The van der Waals surface area contributed by atoms with Crippen molar-refractivity contribution in [3.63, 3.8) is 0 Å². The first-order valence-electron chi connectivity index (χ1n) is 9.40. The lowest BCUT2D eigenvalue weighted by atomic mass is 10.1. The molecule has 4 aromatic rings. The Bertz CT molecular complexity index is 1280. The molecular weight excluding hydrogens is 461 g/mol. The van der Waals surface area contributed by atoms with Crippen LogP contribution >= 0.6 is 11.6 Å². The normalized spacial score (nSPS) is 11.3. The lowest BCUT2D eigenvalue weighted by molar-refractivity contribution is -0.755. The number of anilines is 1. The van der Waals surface area contributed by atoms with Crippen molar-refractivity contribution in [2.45, 2.75) is 12.7 Å². The number of hydrogen-bond donors (Lipinski definition) is 1. The van der Waals surface area contributed by atoms with E-state index >= 15 is 0 Å². The molecule has 2 amide bonds. The second-order valence-electron chi connectivity index (χ2n) is 6.74. The summed E-state index contributed by atoms with van der Waals surface area (Å²) in [6.45, 7) is 0.231. The molecule has 0 aliphatic carbocycles. The molecule has 12 heteroatoms. The van der Waals surface area contributed by atoms with E-state index in [1.165, 1.54) is 23.0 Å². The zero-order valence-corrected chi connectivity index (χ0v) is 17.4. The molecule has 3 aromatic heterocycles. The van der Waals surface area contributed by atoms with Gasteiger partial charge in [-0.05, 0) is 34.6 Å². The molecule has 8 nitrogen and oxygen atoms in total. The third-order valence-corrected chi connectivity index (χ3v) is 4.67. The number of amides is 2. The summed E-state index contributed by atoms with van der Waals surface area (Å²) in [6, 6.07) is 10.5. The van der Waals surface area contributed by atoms with Crippen molar-refractivity contribution in [3.05, 3.63) is 88.8 Å². The Morgan fingerprint density at radius 1 is 1.15 bits per heavy atom. The first-order valence-corrected chi connectivity index (χ1v) is 9.78. The fourth-order valence-corrected chi connectivity index (χ4v) is 3.09. The standard InChI is InChI=1S/C21H14ClF3N6O2/c22-19-17(5-2-8-26-19)13-6-7-16(27-10-13)11-31-12-18(33-30-31)29-20(32)28-15-4-1-3-14(9-15)21(23,24)25/h1-10,12H,11H2,(H-,28,29,30,32). The predicted octanol–water partition coefficient (Wildman–Crippen LogP) is 5.38. The van der Waals surface area contributed by atoms with E-state index in [-0.39, 0.29) is 18.1 Å². The van der Waals surface area contributed by atoms with Crippen LogP contribution in [0.1, 0.15) is 11.3 Å². The zero-order valence-electron chi connectivity index (χ0n) is 16.6. The molecule has 3 heterocycles. The summed E-state index contributed by atoms with van der Waals surface area (Å²) >= 11 is 6.09. The number of pyridine rings is 2. The van der Waals surface area contributed by atoms with Crippen LogP contribution in [-0.4, -0.2) is 21.3 Å². The zero-order chi connectivity index (χ0) is 23.4. The van der Waals surface area contributed by atoms with Gasteiger partial charge in [0, 0.05) is 23.5 Å². The number of urea groups is 1. The van der Waals surface area contributed by atoms with Crippen LogP contribution in [0.2, 0.25) is 5.15 Å². The van der Waals surface area contributed by atoms with E-state index in [9.17, 15) is 18.0 Å². The Balaban J connectivity index is 1.36. The lowest BCUT2D eigenvalue weighted by Gasteiger charge is -2.15. The molecular formula is C21H14ClF3N6O2. The van der Waals surface area contributed by atoms with Crippen LogP contribution in [0.3, 0.4) is 0 Å². The first kappa shape index (κ1) is 22.2. The van der Waals surface area contributed by atoms with Gasteiger partial charge in [-0.2, -0.15) is 13.2 Å². The molecule has 0 bridgehead atoms. The number of benzene rings is 1. The molecule has 0 radical (unpaired) electrons. The number of carbonyl (C=O) groups is 1. The second-order valence-corrected chi connectivity index (χ2v) is 7.10. The van der Waals surface area contributed by atoms with Gasteiger partial charge in [-0.25, -0.2) is 4.98 Å². The molecule has 0 fully saturated rings. The van der Waals surface area contributed by atoms with E-state index in [0.29, 0.717) is 10.8 Å². The molecule has 1 N–H and O–H groups in total. The third kappa shape index (κ3) is 5.63. The van der Waals surface area contributed by atoms with Crippen molar-refractivity contribution in [2.75, 3.05) is 5.32 Å². The molecule has 0 saturated carbocycles. The van der Waals surface area contributed by atoms with Crippen molar-refractivity contribution >= 4 is 29.2 Å². The number of alkyl halides is 3. The van der Waals surface area contributed by atoms with Gasteiger partial charge in [-0.3, -0.25) is 9.78 Å². The number of aromatic nitrogens is 4. The van der Waals surface area contributed by atoms with Crippen LogP contribution in [0, 0.1) is 0 Å². The summed E-state index contributed by atoms with van der Waals surface area (Å²) in [5.41, 5.74) is 1.26. The maximum Gasteiger partial charge on any atom is 0.416 e. The van der Waals surface area contributed by atoms with E-state index in [1.54, 1.807) is 24.5 Å². The van der Waals surface area contributed by atoms with Gasteiger partial charge < -0.3 is 15.2 Å². The van der Waals surface area contributed by atoms with Gasteiger partial charge in [-0.15, -0.1) is 0 Å². The summed E-state index contributed by atoms with van der Waals surface area (Å²) in [6.07, 6.45) is 0.0775. The van der Waals surface area contributed by atoms with Crippen LogP contribution in [0.4, 0.5) is 29.5 Å². The minimum atomic E-state index is -4.52. The Morgan fingerprint density at radius 2 is 2.00 bits per heavy atom. The van der Waals surface area contributed by atoms with Gasteiger partial charge in [0.05, 0.1) is 5.56 Å². The number of nitrogens with one attached hydrogen (secondary N) is 1. The quantitative estimate of drug-likeness (QED) is 0.309. The highest BCUT2D eigenvalue weighted by Gasteiger charge is 2.30. The summed E-state index contributed by atoms with van der Waals surface area (Å²) in [7, 11) is 0. The lowest BCUT2D eigenvalue weighted by Crippen LogP contribution is -2.35. The van der Waals surface area contributed by atoms with Gasteiger partial charge >= 0.3 is 6.18 Å². The fraction of sp³-hybridized carbons (Fsp3) is 0.0952. The molecule has 0 atom stereocenters. The SMILES string of the molecule is O=C([N-]c1c[n+](Cc2ccc(-c3cccnc3Cl)cn2)no1)Nc1cccc(C(F)(F)F)c1. The maximum atomic E-state index is 12.8. The van der Waals surface area contributed by atoms with Crippen molar-refractivity contribution in [2.24, 2.45) is 0 Å². The number of halogens is 4. The van der Waals surface area contributed by atoms with Crippen LogP contribution in [0.15, 0.2) is 71.6 Å². The minimum absolute atomic E-state index is 0.0519. The average Bonchev–Trinajstić information content (AvgIpc) is 3.21. The van der Waals surface area contributed by atoms with Gasteiger partial charge in [0.15, 0.2) is 11.3 Å². The van der Waals surface area contributed by atoms with E-state index in [0.717, 1.165) is 23.3 Å². The van der Waals surface area contributed by atoms with E-state index < -0.39 is 17.8 Å². The Labute approximate surface area is 190 Å². The highest BCUT2D eigenvalue weighted by molar-refractivity contribution is 6.32. The Morgan fingerprint density at radius 3 is 2.73 bits per heavy atom. The number of hydrogen-bond acceptors (Lipinski definition) is 5. The molecule has 0 unspecified atom stereocenters. The smallest absolute Gasteiger partial charge is 0.416 e. The monoisotopic (exact) mass is 474 g/mol. The summed E-state index contributed by atoms with van der Waals surface area (Å²) in [5.74, 6) is -0.127. The molecule has 0 spiro atoms. The molecule has 0 aliphatic rings. The number of nitrogens with zero attached hydrogens (tertiary/aromatic N) is 5. The molecule has 1 aromatic carbocycles. The van der Waals surface area contributed by atoms with Crippen molar-refractivity contribution in [3.8, 4) is 11.1 Å². The van der Waals surface area contributed by atoms with Crippen LogP contribution in [0.25, 0.3) is 16.4 Å².